The average Bonchev–Trinajstić information content (AvgIpc) is 2.79. The van der Waals surface area contributed by atoms with E-state index in [1.807, 2.05) is 32.9 Å². The monoisotopic (exact) mass is 535 g/mol. The van der Waals surface area contributed by atoms with Crippen molar-refractivity contribution in [3.63, 3.8) is 0 Å². The van der Waals surface area contributed by atoms with Crippen LogP contribution >= 0.6 is 30.6 Å². The van der Waals surface area contributed by atoms with Gasteiger partial charge in [-0.15, -0.1) is 23.2 Å². The number of aryl methyl sites for hydroxylation is 1. The predicted octanol–water partition coefficient (Wildman–Crippen LogP) is 4.65. The molecule has 11 heteroatoms. The molecule has 1 aromatic rings. The van der Waals surface area contributed by atoms with Crippen molar-refractivity contribution in [3.8, 4) is 0 Å². The SMILES string of the molecule is CCOC(C)(OCC)P(=O)(C[C@@H](Cc1cc(N(CCCl)CCCl)ccc1C)N[B]C=O)OCC. The fourth-order valence-electron chi connectivity index (χ4n) is 3.87. The molecular weight excluding hydrogens is 497 g/mol. The van der Waals surface area contributed by atoms with E-state index in [1.54, 1.807) is 13.8 Å². The zero-order valence-electron chi connectivity index (χ0n) is 21.0. The number of nitrogens with zero attached hydrogens (tertiary/aromatic N) is 1. The summed E-state index contributed by atoms with van der Waals surface area (Å²) >= 11 is 12.0. The summed E-state index contributed by atoms with van der Waals surface area (Å²) in [6, 6.07) is 5.84. The first-order chi connectivity index (χ1) is 16.2. The molecule has 0 spiro atoms. The molecule has 0 aliphatic carbocycles. The lowest BCUT2D eigenvalue weighted by Crippen LogP contribution is -2.43. The van der Waals surface area contributed by atoms with Crippen LogP contribution in [0.2, 0.25) is 0 Å². The topological polar surface area (TPSA) is 77.1 Å². The molecule has 1 aromatic carbocycles. The third kappa shape index (κ3) is 9.13. The van der Waals surface area contributed by atoms with Gasteiger partial charge in [-0.05, 0) is 64.3 Å². The van der Waals surface area contributed by atoms with Crippen LogP contribution in [-0.2, 0) is 29.8 Å². The summed E-state index contributed by atoms with van der Waals surface area (Å²) in [6.45, 7) is 11.4. The molecule has 1 radical (unpaired) electrons. The fourth-order valence-corrected chi connectivity index (χ4v) is 6.84. The van der Waals surface area contributed by atoms with Crippen molar-refractivity contribution in [1.29, 1.82) is 0 Å². The van der Waals surface area contributed by atoms with Crippen molar-refractivity contribution >= 4 is 49.9 Å². The molecule has 1 unspecified atom stereocenters. The molecule has 0 aliphatic heterocycles. The summed E-state index contributed by atoms with van der Waals surface area (Å²) in [5.74, 6) is 0.979. The number of halogens is 2. The lowest BCUT2D eigenvalue weighted by molar-refractivity contribution is -0.168. The highest BCUT2D eigenvalue weighted by Crippen LogP contribution is 2.60. The summed E-state index contributed by atoms with van der Waals surface area (Å²) in [6.07, 6.45) is 1.32. The van der Waals surface area contributed by atoms with E-state index < -0.39 is 12.9 Å². The van der Waals surface area contributed by atoms with Crippen LogP contribution in [0, 0.1) is 6.92 Å². The Labute approximate surface area is 215 Å². The maximum atomic E-state index is 14.2. The van der Waals surface area contributed by atoms with Gasteiger partial charge < -0.3 is 28.9 Å². The molecule has 0 heterocycles. The number of ether oxygens (including phenoxy) is 2. The number of carbonyl (C=O) groups is 1. The Kier molecular flexibility index (Phi) is 15.0. The molecule has 1 rings (SSSR count). The van der Waals surface area contributed by atoms with Gasteiger partial charge in [0.05, 0.1) is 12.8 Å². The van der Waals surface area contributed by atoms with E-state index in [1.165, 1.54) is 7.41 Å². The van der Waals surface area contributed by atoms with Crippen LogP contribution in [-0.4, -0.2) is 76.0 Å². The predicted molar refractivity (Wildman–Crippen MR) is 144 cm³/mol. The van der Waals surface area contributed by atoms with Crippen molar-refractivity contribution < 1.29 is 23.4 Å². The van der Waals surface area contributed by atoms with Crippen molar-refractivity contribution in [2.75, 3.05) is 55.7 Å². The van der Waals surface area contributed by atoms with Crippen LogP contribution in [0.25, 0.3) is 0 Å². The van der Waals surface area contributed by atoms with Gasteiger partial charge in [-0.2, -0.15) is 0 Å². The van der Waals surface area contributed by atoms with E-state index in [0.717, 1.165) is 16.8 Å². The van der Waals surface area contributed by atoms with E-state index in [9.17, 15) is 9.36 Å². The first-order valence-electron chi connectivity index (χ1n) is 11.7. The molecule has 0 bridgehead atoms. The molecule has 0 saturated carbocycles. The molecule has 0 aromatic heterocycles. The lowest BCUT2D eigenvalue weighted by Gasteiger charge is -2.38. The summed E-state index contributed by atoms with van der Waals surface area (Å²) < 4.78 is 31.6. The Bertz CT molecular complexity index is 778. The Morgan fingerprint density at radius 3 is 2.26 bits per heavy atom. The first kappa shape index (κ1) is 31.4. The molecule has 0 aliphatic rings. The average molecular weight is 536 g/mol. The van der Waals surface area contributed by atoms with Crippen LogP contribution in [0.3, 0.4) is 0 Å². The summed E-state index contributed by atoms with van der Waals surface area (Å²) in [4.78, 5) is 13.2. The molecule has 2 atom stereocenters. The van der Waals surface area contributed by atoms with Crippen LogP contribution in [0.15, 0.2) is 18.2 Å². The Balaban J connectivity index is 3.32. The molecule has 0 amide bonds. The van der Waals surface area contributed by atoms with Crippen LogP contribution in [0.1, 0.15) is 38.8 Å². The Morgan fingerprint density at radius 2 is 1.76 bits per heavy atom. The number of carbonyl (C=O) groups excluding carboxylic acids is 1. The van der Waals surface area contributed by atoms with Gasteiger partial charge in [0.2, 0.25) is 5.53 Å². The molecular formula is C23H39BCl2N2O5P. The number of anilines is 1. The molecule has 1 N–H and O–H groups in total. The second kappa shape index (κ2) is 16.2. The summed E-state index contributed by atoms with van der Waals surface area (Å²) in [5.41, 5.74) is 1.77. The third-order valence-electron chi connectivity index (χ3n) is 5.51. The molecule has 0 saturated heterocycles. The number of rotatable bonds is 19. The summed E-state index contributed by atoms with van der Waals surface area (Å²) in [7, 11) is -2.14. The van der Waals surface area contributed by atoms with E-state index in [2.05, 4.69) is 16.2 Å². The van der Waals surface area contributed by atoms with Gasteiger partial charge in [-0.25, -0.2) is 0 Å². The minimum Gasteiger partial charge on any atom is -0.369 e. The zero-order chi connectivity index (χ0) is 25.6. The second-order valence-corrected chi connectivity index (χ2v) is 11.4. The fraction of sp³-hybridized carbons (Fsp3) is 0.696. The van der Waals surface area contributed by atoms with Gasteiger partial charge in [-0.1, -0.05) is 6.07 Å². The van der Waals surface area contributed by atoms with Crippen LogP contribution < -0.4 is 10.1 Å². The highest BCUT2D eigenvalue weighted by atomic mass is 35.5. The van der Waals surface area contributed by atoms with Gasteiger partial charge >= 0.3 is 0 Å². The number of benzene rings is 1. The van der Waals surface area contributed by atoms with Crippen molar-refractivity contribution in [2.24, 2.45) is 0 Å². The quantitative estimate of drug-likeness (QED) is 0.0908. The van der Waals surface area contributed by atoms with E-state index in [4.69, 9.17) is 37.2 Å². The smallest absolute Gasteiger partial charge is 0.290 e. The number of nitrogens with one attached hydrogen (secondary N) is 1. The molecule has 0 fully saturated rings. The molecule has 193 valence electrons. The first-order valence-corrected chi connectivity index (χ1v) is 14.6. The minimum atomic E-state index is -3.46. The highest BCUT2D eigenvalue weighted by Gasteiger charge is 2.48. The Hall–Kier alpha value is -0.595. The van der Waals surface area contributed by atoms with Crippen LogP contribution in [0.4, 0.5) is 5.69 Å². The summed E-state index contributed by atoms with van der Waals surface area (Å²) in [5, 5.41) is 3.10. The van der Waals surface area contributed by atoms with E-state index in [0.29, 0.717) is 50.7 Å². The highest BCUT2D eigenvalue weighted by molar-refractivity contribution is 7.60. The standard InChI is InChI=1S/C23H39BCl2N2O5P/c1-6-31-23(5,32-7-2)34(30,33-8-3)17-21(27-24-18-29)15-20-16-22(10-9-19(20)4)28(13-11-25)14-12-26/h9-10,16,18,21,27H,6-8,11-15,17H2,1-5H3/t21-,34?/m1/s1. The van der Waals surface area contributed by atoms with Crippen molar-refractivity contribution in [1.82, 2.24) is 5.23 Å². The maximum absolute atomic E-state index is 14.2. The minimum absolute atomic E-state index is 0.123. The largest absolute Gasteiger partial charge is 0.369 e. The van der Waals surface area contributed by atoms with Crippen molar-refractivity contribution in [3.05, 3.63) is 29.3 Å². The zero-order valence-corrected chi connectivity index (χ0v) is 23.4. The Morgan fingerprint density at radius 1 is 1.15 bits per heavy atom. The van der Waals surface area contributed by atoms with Gasteiger partial charge in [-0.3, -0.25) is 4.57 Å². The van der Waals surface area contributed by atoms with E-state index >= 15 is 0 Å². The molecule has 34 heavy (non-hydrogen) atoms. The number of alkyl halides is 2. The maximum Gasteiger partial charge on any atom is 0.290 e. The van der Waals surface area contributed by atoms with Gasteiger partial charge in [0.25, 0.3) is 14.8 Å². The van der Waals surface area contributed by atoms with Gasteiger partial charge in [0.15, 0.2) is 0 Å². The molecule has 7 nitrogen and oxygen atoms in total. The van der Waals surface area contributed by atoms with Gasteiger partial charge in [0, 0.05) is 56.0 Å². The third-order valence-corrected chi connectivity index (χ3v) is 8.95. The normalized spacial score (nSPS) is 14.4. The van der Waals surface area contributed by atoms with Crippen molar-refractivity contribution in [2.45, 2.75) is 52.6 Å². The van der Waals surface area contributed by atoms with Gasteiger partial charge in [0.1, 0.15) is 0 Å². The van der Waals surface area contributed by atoms with Crippen LogP contribution in [0.5, 0.6) is 0 Å². The lowest BCUT2D eigenvalue weighted by atomic mass is 9.93. The second-order valence-electron chi connectivity index (χ2n) is 7.88. The number of hydrogen-bond acceptors (Lipinski definition) is 7. The number of hydrogen-bond donors (Lipinski definition) is 1. The van der Waals surface area contributed by atoms with E-state index in [-0.39, 0.29) is 18.8 Å².